The molecule has 4 heteroatoms. The average Bonchev–Trinajstić information content (AvgIpc) is 2.30. The summed E-state index contributed by atoms with van der Waals surface area (Å²) in [5.41, 5.74) is 9.40. The summed E-state index contributed by atoms with van der Waals surface area (Å²) >= 11 is 6.07. The fraction of sp³-hybridized carbons (Fsp3) is 0.154. The fourth-order valence-corrected chi connectivity index (χ4v) is 1.85. The number of pyridine rings is 1. The van der Waals surface area contributed by atoms with E-state index in [0.717, 1.165) is 16.9 Å². The molecule has 0 spiro atoms. The lowest BCUT2D eigenvalue weighted by Crippen LogP contribution is -2.05. The molecule has 3 nitrogen and oxygen atoms in total. The molecule has 0 aliphatic carbocycles. The number of nitrogens with one attached hydrogen (secondary N) is 1. The van der Waals surface area contributed by atoms with E-state index in [0.29, 0.717) is 17.3 Å². The lowest BCUT2D eigenvalue weighted by atomic mass is 10.2. The average molecular weight is 248 g/mol. The lowest BCUT2D eigenvalue weighted by Gasteiger charge is -2.11. The second-order valence-electron chi connectivity index (χ2n) is 3.82. The lowest BCUT2D eigenvalue weighted by molar-refractivity contribution is 1.02. The standard InChI is InChI=1S/C13H14ClN3/c1-9-4-3-7-16-12(9)8-17-13-10(14)5-2-6-11(13)15/h2-7,17H,8,15H2,1H3. The van der Waals surface area contributed by atoms with Gasteiger partial charge in [-0.2, -0.15) is 0 Å². The van der Waals surface area contributed by atoms with Gasteiger partial charge in [0, 0.05) is 6.20 Å². The predicted octanol–water partition coefficient (Wildman–Crippen LogP) is 3.24. The first-order chi connectivity index (χ1) is 8.18. The Hall–Kier alpha value is -1.74. The molecular formula is C13H14ClN3. The van der Waals surface area contributed by atoms with Gasteiger partial charge in [-0.1, -0.05) is 23.7 Å². The molecule has 0 unspecified atom stereocenters. The Morgan fingerprint density at radius 3 is 2.82 bits per heavy atom. The third kappa shape index (κ3) is 2.68. The van der Waals surface area contributed by atoms with Gasteiger partial charge in [-0.05, 0) is 30.7 Å². The quantitative estimate of drug-likeness (QED) is 0.819. The molecule has 88 valence electrons. The van der Waals surface area contributed by atoms with Crippen molar-refractivity contribution >= 4 is 23.0 Å². The van der Waals surface area contributed by atoms with Crippen molar-refractivity contribution in [1.29, 1.82) is 0 Å². The summed E-state index contributed by atoms with van der Waals surface area (Å²) in [6.07, 6.45) is 1.78. The zero-order valence-corrected chi connectivity index (χ0v) is 10.3. The molecule has 0 atom stereocenters. The van der Waals surface area contributed by atoms with E-state index >= 15 is 0 Å². The zero-order valence-electron chi connectivity index (χ0n) is 9.57. The molecule has 0 saturated heterocycles. The molecule has 0 bridgehead atoms. The van der Waals surface area contributed by atoms with Crippen LogP contribution in [0.25, 0.3) is 0 Å². The molecular weight excluding hydrogens is 234 g/mol. The third-order valence-electron chi connectivity index (χ3n) is 2.60. The maximum absolute atomic E-state index is 6.07. The van der Waals surface area contributed by atoms with Crippen LogP contribution in [-0.4, -0.2) is 4.98 Å². The molecule has 2 rings (SSSR count). The topological polar surface area (TPSA) is 50.9 Å². The van der Waals surface area contributed by atoms with Crippen molar-refractivity contribution in [2.24, 2.45) is 0 Å². The highest BCUT2D eigenvalue weighted by atomic mass is 35.5. The van der Waals surface area contributed by atoms with Gasteiger partial charge in [-0.3, -0.25) is 4.98 Å². The van der Waals surface area contributed by atoms with Crippen LogP contribution in [-0.2, 0) is 6.54 Å². The molecule has 0 amide bonds. The van der Waals surface area contributed by atoms with E-state index in [2.05, 4.69) is 10.3 Å². The van der Waals surface area contributed by atoms with E-state index in [9.17, 15) is 0 Å². The summed E-state index contributed by atoms with van der Waals surface area (Å²) in [5, 5.41) is 3.84. The van der Waals surface area contributed by atoms with Gasteiger partial charge in [0.1, 0.15) is 0 Å². The number of halogens is 1. The van der Waals surface area contributed by atoms with Gasteiger partial charge in [0.05, 0.1) is 28.6 Å². The van der Waals surface area contributed by atoms with Gasteiger partial charge in [0.25, 0.3) is 0 Å². The Bertz CT molecular complexity index is 506. The highest BCUT2D eigenvalue weighted by Gasteiger charge is 2.05. The monoisotopic (exact) mass is 247 g/mol. The Balaban J connectivity index is 2.16. The van der Waals surface area contributed by atoms with Crippen molar-refractivity contribution in [1.82, 2.24) is 4.98 Å². The van der Waals surface area contributed by atoms with Crippen molar-refractivity contribution < 1.29 is 0 Å². The van der Waals surface area contributed by atoms with Gasteiger partial charge in [0.15, 0.2) is 0 Å². The van der Waals surface area contributed by atoms with Crippen LogP contribution >= 0.6 is 11.6 Å². The van der Waals surface area contributed by atoms with Crippen LogP contribution in [0.3, 0.4) is 0 Å². The summed E-state index contributed by atoms with van der Waals surface area (Å²) in [6.45, 7) is 2.64. The van der Waals surface area contributed by atoms with Crippen LogP contribution in [0.1, 0.15) is 11.3 Å². The first kappa shape index (κ1) is 11.7. The molecule has 0 aliphatic heterocycles. The summed E-state index contributed by atoms with van der Waals surface area (Å²) in [6, 6.07) is 9.41. The Morgan fingerprint density at radius 1 is 1.29 bits per heavy atom. The highest BCUT2D eigenvalue weighted by Crippen LogP contribution is 2.28. The van der Waals surface area contributed by atoms with Crippen molar-refractivity contribution in [2.75, 3.05) is 11.1 Å². The third-order valence-corrected chi connectivity index (χ3v) is 2.91. The highest BCUT2D eigenvalue weighted by molar-refractivity contribution is 6.33. The number of nitrogens with zero attached hydrogens (tertiary/aromatic N) is 1. The van der Waals surface area contributed by atoms with Gasteiger partial charge < -0.3 is 11.1 Å². The van der Waals surface area contributed by atoms with Gasteiger partial charge in [-0.25, -0.2) is 0 Å². The zero-order chi connectivity index (χ0) is 12.3. The number of aromatic nitrogens is 1. The molecule has 0 fully saturated rings. The summed E-state index contributed by atoms with van der Waals surface area (Å²) in [7, 11) is 0. The van der Waals surface area contributed by atoms with E-state index in [1.54, 1.807) is 6.20 Å². The number of hydrogen-bond acceptors (Lipinski definition) is 3. The molecule has 2 aromatic rings. The molecule has 3 N–H and O–H groups in total. The van der Waals surface area contributed by atoms with Crippen molar-refractivity contribution in [3.63, 3.8) is 0 Å². The first-order valence-corrected chi connectivity index (χ1v) is 5.74. The van der Waals surface area contributed by atoms with Crippen molar-refractivity contribution in [3.05, 3.63) is 52.8 Å². The number of aryl methyl sites for hydroxylation is 1. The van der Waals surface area contributed by atoms with Crippen LogP contribution in [0.5, 0.6) is 0 Å². The second-order valence-corrected chi connectivity index (χ2v) is 4.23. The minimum Gasteiger partial charge on any atom is -0.397 e. The van der Waals surface area contributed by atoms with Crippen LogP contribution in [0.2, 0.25) is 5.02 Å². The van der Waals surface area contributed by atoms with Gasteiger partial charge in [0.2, 0.25) is 0 Å². The predicted molar refractivity (Wildman–Crippen MR) is 72.2 cm³/mol. The van der Waals surface area contributed by atoms with E-state index in [-0.39, 0.29) is 0 Å². The largest absolute Gasteiger partial charge is 0.397 e. The normalized spacial score (nSPS) is 10.2. The van der Waals surface area contributed by atoms with Crippen LogP contribution in [0.15, 0.2) is 36.5 Å². The van der Waals surface area contributed by atoms with E-state index in [4.69, 9.17) is 17.3 Å². The number of hydrogen-bond donors (Lipinski definition) is 2. The molecule has 0 aliphatic rings. The SMILES string of the molecule is Cc1cccnc1CNc1c(N)cccc1Cl. The van der Waals surface area contributed by atoms with Gasteiger partial charge in [-0.15, -0.1) is 0 Å². The number of nitrogen functional groups attached to an aromatic ring is 1. The van der Waals surface area contributed by atoms with E-state index < -0.39 is 0 Å². The number of nitrogens with two attached hydrogens (primary N) is 1. The molecule has 1 aromatic heterocycles. The van der Waals surface area contributed by atoms with Crippen molar-refractivity contribution in [2.45, 2.75) is 13.5 Å². The minimum atomic E-state index is 0.612. The number of rotatable bonds is 3. The first-order valence-electron chi connectivity index (χ1n) is 5.37. The Labute approximate surface area is 106 Å². The number of anilines is 2. The van der Waals surface area contributed by atoms with Gasteiger partial charge >= 0.3 is 0 Å². The Morgan fingerprint density at radius 2 is 2.12 bits per heavy atom. The molecule has 0 saturated carbocycles. The van der Waals surface area contributed by atoms with E-state index in [1.807, 2.05) is 37.3 Å². The molecule has 1 heterocycles. The fourth-order valence-electron chi connectivity index (χ4n) is 1.60. The van der Waals surface area contributed by atoms with E-state index in [1.165, 1.54) is 0 Å². The summed E-state index contributed by atoms with van der Waals surface area (Å²) in [5.74, 6) is 0. The Kier molecular flexibility index (Phi) is 3.49. The summed E-state index contributed by atoms with van der Waals surface area (Å²) in [4.78, 5) is 4.31. The van der Waals surface area contributed by atoms with Crippen LogP contribution < -0.4 is 11.1 Å². The summed E-state index contributed by atoms with van der Waals surface area (Å²) < 4.78 is 0. The molecule has 0 radical (unpaired) electrons. The molecule has 1 aromatic carbocycles. The maximum atomic E-state index is 6.07. The maximum Gasteiger partial charge on any atom is 0.0766 e. The number of para-hydroxylation sites is 1. The number of benzene rings is 1. The van der Waals surface area contributed by atoms with Crippen molar-refractivity contribution in [3.8, 4) is 0 Å². The van der Waals surface area contributed by atoms with Crippen LogP contribution in [0.4, 0.5) is 11.4 Å². The van der Waals surface area contributed by atoms with Crippen LogP contribution in [0, 0.1) is 6.92 Å². The minimum absolute atomic E-state index is 0.612. The second kappa shape index (κ2) is 5.06. The smallest absolute Gasteiger partial charge is 0.0766 e. The molecule has 17 heavy (non-hydrogen) atoms.